The van der Waals surface area contributed by atoms with E-state index in [9.17, 15) is 9.50 Å². The molecule has 0 saturated carbocycles. The van der Waals surface area contributed by atoms with E-state index in [-0.39, 0.29) is 42.4 Å². The largest absolute Gasteiger partial charge is 0.459 e. The lowest BCUT2D eigenvalue weighted by Gasteiger charge is -2.18. The van der Waals surface area contributed by atoms with E-state index < -0.39 is 6.10 Å². The summed E-state index contributed by atoms with van der Waals surface area (Å²) in [5.74, 6) is 1.01. The van der Waals surface area contributed by atoms with Gasteiger partial charge in [-0.15, -0.1) is 24.0 Å². The number of aliphatic imine (C=N–C) groups is 1. The second kappa shape index (κ2) is 9.70. The molecule has 7 heteroatoms. The van der Waals surface area contributed by atoms with E-state index in [1.54, 1.807) is 19.2 Å². The van der Waals surface area contributed by atoms with Crippen LogP contribution in [0, 0.1) is 5.82 Å². The smallest absolute Gasteiger partial charge is 0.191 e. The lowest BCUT2D eigenvalue weighted by atomic mass is 10.1. The minimum atomic E-state index is -0.768. The van der Waals surface area contributed by atoms with E-state index in [1.807, 2.05) is 37.3 Å². The molecule has 3 N–H and O–H groups in total. The molecule has 3 rings (SSSR count). The third-order valence-corrected chi connectivity index (χ3v) is 4.17. The number of hydrogen-bond acceptors (Lipinski definition) is 3. The summed E-state index contributed by atoms with van der Waals surface area (Å²) >= 11 is 0. The van der Waals surface area contributed by atoms with Crippen LogP contribution in [0.3, 0.4) is 0 Å². The van der Waals surface area contributed by atoms with Crippen LogP contribution in [0.4, 0.5) is 4.39 Å². The number of para-hydroxylation sites is 1. The van der Waals surface area contributed by atoms with Crippen molar-refractivity contribution in [3.05, 3.63) is 71.7 Å². The van der Waals surface area contributed by atoms with Crippen molar-refractivity contribution < 1.29 is 13.9 Å². The Morgan fingerprint density at radius 1 is 1.19 bits per heavy atom. The van der Waals surface area contributed by atoms with Crippen LogP contribution in [-0.2, 0) is 0 Å². The molecular weight excluding hydrogens is 460 g/mol. The van der Waals surface area contributed by atoms with Gasteiger partial charge in [0.25, 0.3) is 0 Å². The number of furan rings is 1. The average Bonchev–Trinajstić information content (AvgIpc) is 3.09. The molecule has 5 nitrogen and oxygen atoms in total. The molecule has 144 valence electrons. The summed E-state index contributed by atoms with van der Waals surface area (Å²) in [6, 6.07) is 15.5. The summed E-state index contributed by atoms with van der Waals surface area (Å²) < 4.78 is 18.8. The monoisotopic (exact) mass is 483 g/mol. The predicted octanol–water partition coefficient (Wildman–Crippen LogP) is 4.15. The van der Waals surface area contributed by atoms with Gasteiger partial charge in [-0.25, -0.2) is 4.39 Å². The molecule has 0 spiro atoms. The number of rotatable bonds is 5. The maximum absolute atomic E-state index is 13.0. The molecule has 1 aromatic heterocycles. The predicted molar refractivity (Wildman–Crippen MR) is 116 cm³/mol. The number of fused-ring (bicyclic) bond motifs is 1. The van der Waals surface area contributed by atoms with Crippen molar-refractivity contribution >= 4 is 40.9 Å². The zero-order valence-corrected chi connectivity index (χ0v) is 17.5. The van der Waals surface area contributed by atoms with Gasteiger partial charge in [0.15, 0.2) is 5.96 Å². The summed E-state index contributed by atoms with van der Waals surface area (Å²) in [5.41, 5.74) is 1.48. The molecule has 0 saturated heterocycles. The SMILES string of the molecule is CN=C(NCC(O)c1ccc(F)cc1)NC(C)c1cc2ccccc2o1.I. The molecule has 0 aliphatic rings. The summed E-state index contributed by atoms with van der Waals surface area (Å²) in [6.07, 6.45) is -0.768. The van der Waals surface area contributed by atoms with Crippen LogP contribution in [0.5, 0.6) is 0 Å². The molecule has 0 aliphatic heterocycles. The fraction of sp³-hybridized carbons (Fsp3) is 0.250. The van der Waals surface area contributed by atoms with Crippen LogP contribution in [0.15, 0.2) is 64.0 Å². The first-order chi connectivity index (χ1) is 12.6. The van der Waals surface area contributed by atoms with E-state index in [1.165, 1.54) is 12.1 Å². The van der Waals surface area contributed by atoms with Gasteiger partial charge in [-0.2, -0.15) is 0 Å². The topological polar surface area (TPSA) is 69.8 Å². The zero-order chi connectivity index (χ0) is 18.5. The van der Waals surface area contributed by atoms with Crippen molar-refractivity contribution in [2.45, 2.75) is 19.1 Å². The maximum Gasteiger partial charge on any atom is 0.191 e. The number of nitrogens with zero attached hydrogens (tertiary/aromatic N) is 1. The molecule has 2 aromatic carbocycles. The second-order valence-electron chi connectivity index (χ2n) is 6.07. The molecule has 2 unspecified atom stereocenters. The van der Waals surface area contributed by atoms with Crippen molar-refractivity contribution in [2.24, 2.45) is 4.99 Å². The molecule has 0 bridgehead atoms. The normalized spacial score (nSPS) is 13.7. The number of halogens is 2. The van der Waals surface area contributed by atoms with E-state index in [2.05, 4.69) is 15.6 Å². The van der Waals surface area contributed by atoms with Crippen LogP contribution in [0.25, 0.3) is 11.0 Å². The molecule has 0 radical (unpaired) electrons. The lowest BCUT2D eigenvalue weighted by molar-refractivity contribution is 0.180. The molecule has 27 heavy (non-hydrogen) atoms. The zero-order valence-electron chi connectivity index (χ0n) is 15.1. The van der Waals surface area contributed by atoms with Gasteiger partial charge in [-0.05, 0) is 36.8 Å². The maximum atomic E-state index is 13.0. The van der Waals surface area contributed by atoms with Gasteiger partial charge in [0.2, 0.25) is 0 Å². The van der Waals surface area contributed by atoms with Crippen LogP contribution >= 0.6 is 24.0 Å². The highest BCUT2D eigenvalue weighted by Gasteiger charge is 2.14. The van der Waals surface area contributed by atoms with Gasteiger partial charge in [-0.1, -0.05) is 30.3 Å². The van der Waals surface area contributed by atoms with Crippen molar-refractivity contribution in [2.75, 3.05) is 13.6 Å². The van der Waals surface area contributed by atoms with Gasteiger partial charge < -0.3 is 20.2 Å². The fourth-order valence-electron chi connectivity index (χ4n) is 2.68. The molecule has 2 atom stereocenters. The third-order valence-electron chi connectivity index (χ3n) is 4.17. The van der Waals surface area contributed by atoms with Gasteiger partial charge >= 0.3 is 0 Å². The summed E-state index contributed by atoms with van der Waals surface area (Å²) in [7, 11) is 1.66. The number of benzene rings is 2. The Morgan fingerprint density at radius 3 is 2.56 bits per heavy atom. The highest BCUT2D eigenvalue weighted by atomic mass is 127. The van der Waals surface area contributed by atoms with Gasteiger partial charge in [0, 0.05) is 19.0 Å². The van der Waals surface area contributed by atoms with Gasteiger partial charge in [0.05, 0.1) is 12.1 Å². The van der Waals surface area contributed by atoms with Crippen LogP contribution in [-0.4, -0.2) is 24.7 Å². The first-order valence-electron chi connectivity index (χ1n) is 8.46. The average molecular weight is 483 g/mol. The number of hydrogen-bond donors (Lipinski definition) is 3. The lowest BCUT2D eigenvalue weighted by Crippen LogP contribution is -2.40. The Hall–Kier alpha value is -2.13. The highest BCUT2D eigenvalue weighted by molar-refractivity contribution is 14.0. The highest BCUT2D eigenvalue weighted by Crippen LogP contribution is 2.23. The Kier molecular flexibility index (Phi) is 7.61. The Bertz CT molecular complexity index is 863. The van der Waals surface area contributed by atoms with E-state index >= 15 is 0 Å². The summed E-state index contributed by atoms with van der Waals surface area (Å²) in [6.45, 7) is 2.22. The Morgan fingerprint density at radius 2 is 1.89 bits per heavy atom. The first kappa shape index (κ1) is 21.2. The van der Waals surface area contributed by atoms with Crippen LogP contribution in [0.1, 0.15) is 30.4 Å². The number of aliphatic hydroxyl groups excluding tert-OH is 1. The van der Waals surface area contributed by atoms with Gasteiger partial charge in [-0.3, -0.25) is 4.99 Å². The molecule has 0 aliphatic carbocycles. The van der Waals surface area contributed by atoms with Crippen molar-refractivity contribution in [3.63, 3.8) is 0 Å². The van der Waals surface area contributed by atoms with Gasteiger partial charge in [0.1, 0.15) is 17.2 Å². The minimum Gasteiger partial charge on any atom is -0.459 e. The number of nitrogens with one attached hydrogen (secondary N) is 2. The number of guanidine groups is 1. The van der Waals surface area contributed by atoms with E-state index in [0.717, 1.165) is 16.7 Å². The molecule has 0 fully saturated rings. The second-order valence-corrected chi connectivity index (χ2v) is 6.07. The van der Waals surface area contributed by atoms with Crippen molar-refractivity contribution in [3.8, 4) is 0 Å². The number of aliphatic hydroxyl groups is 1. The standard InChI is InChI=1S/C20H22FN3O2.HI/c1-13(19-11-15-5-3-4-6-18(15)26-19)24-20(22-2)23-12-17(25)14-7-9-16(21)10-8-14;/h3-11,13,17,25H,12H2,1-2H3,(H2,22,23,24);1H. The quantitative estimate of drug-likeness (QED) is 0.290. The Balaban J connectivity index is 0.00000261. The summed E-state index contributed by atoms with van der Waals surface area (Å²) in [4.78, 5) is 4.17. The molecule has 1 heterocycles. The molecule has 0 amide bonds. The van der Waals surface area contributed by atoms with Crippen LogP contribution in [0.2, 0.25) is 0 Å². The fourth-order valence-corrected chi connectivity index (χ4v) is 2.68. The molecule has 3 aromatic rings. The van der Waals surface area contributed by atoms with Crippen LogP contribution < -0.4 is 10.6 Å². The third kappa shape index (κ3) is 5.43. The van der Waals surface area contributed by atoms with Crippen molar-refractivity contribution in [1.82, 2.24) is 10.6 Å². The first-order valence-corrected chi connectivity index (χ1v) is 8.46. The van der Waals surface area contributed by atoms with Crippen molar-refractivity contribution in [1.29, 1.82) is 0 Å². The van der Waals surface area contributed by atoms with E-state index in [0.29, 0.717) is 11.5 Å². The molecular formula is C20H23FIN3O2. The Labute approximate surface area is 174 Å². The summed E-state index contributed by atoms with van der Waals surface area (Å²) in [5, 5.41) is 17.6. The minimum absolute atomic E-state index is 0. The van der Waals surface area contributed by atoms with E-state index in [4.69, 9.17) is 4.42 Å².